The van der Waals surface area contributed by atoms with Gasteiger partial charge in [0.15, 0.2) is 0 Å². The first-order valence-corrected chi connectivity index (χ1v) is 5.88. The lowest BCUT2D eigenvalue weighted by molar-refractivity contribution is -0.111. The van der Waals surface area contributed by atoms with Crippen LogP contribution in [-0.4, -0.2) is 18.6 Å². The van der Waals surface area contributed by atoms with Crippen LogP contribution in [-0.2, 0) is 16.1 Å². The van der Waals surface area contributed by atoms with Crippen molar-refractivity contribution in [1.29, 1.82) is 0 Å². The van der Waals surface area contributed by atoms with Crippen LogP contribution in [0.15, 0.2) is 30.3 Å². The van der Waals surface area contributed by atoms with Crippen LogP contribution in [0.4, 0.5) is 0 Å². The van der Waals surface area contributed by atoms with E-state index in [2.05, 4.69) is 10.9 Å². The summed E-state index contributed by atoms with van der Waals surface area (Å²) in [6, 6.07) is 10.1. The molecule has 2 N–H and O–H groups in total. The number of ether oxygens (including phenoxy) is 1. The first-order chi connectivity index (χ1) is 8.27. The van der Waals surface area contributed by atoms with Crippen LogP contribution in [0.2, 0.25) is 0 Å². The number of carbonyl (C=O) groups excluding carboxylic acids is 1. The molecule has 4 nitrogen and oxygen atoms in total. The van der Waals surface area contributed by atoms with E-state index >= 15 is 0 Å². The Bertz CT molecular complexity index is 316. The molecule has 0 aliphatic carbocycles. The van der Waals surface area contributed by atoms with Gasteiger partial charge in [-0.15, -0.1) is 0 Å². The van der Waals surface area contributed by atoms with Gasteiger partial charge in [0.2, 0.25) is 6.41 Å². The van der Waals surface area contributed by atoms with Crippen molar-refractivity contribution < 1.29 is 9.53 Å². The van der Waals surface area contributed by atoms with E-state index in [9.17, 15) is 4.79 Å². The molecule has 1 rings (SSSR count). The van der Waals surface area contributed by atoms with Crippen molar-refractivity contribution in [2.24, 2.45) is 0 Å². The van der Waals surface area contributed by atoms with Gasteiger partial charge in [0, 0.05) is 0 Å². The summed E-state index contributed by atoms with van der Waals surface area (Å²) >= 11 is 0. The molecule has 0 saturated carbocycles. The van der Waals surface area contributed by atoms with Crippen LogP contribution < -0.4 is 10.9 Å². The number of nitrogens with one attached hydrogen (secondary N) is 2. The van der Waals surface area contributed by atoms with Gasteiger partial charge in [0.05, 0.1) is 18.8 Å². The summed E-state index contributed by atoms with van der Waals surface area (Å²) in [7, 11) is 0. The Labute approximate surface area is 102 Å². The number of hydrazine groups is 1. The van der Waals surface area contributed by atoms with Gasteiger partial charge in [-0.3, -0.25) is 10.2 Å². The lowest BCUT2D eigenvalue weighted by Gasteiger charge is -2.23. The van der Waals surface area contributed by atoms with Crippen molar-refractivity contribution in [1.82, 2.24) is 10.9 Å². The largest absolute Gasteiger partial charge is 0.372 e. The zero-order valence-electron chi connectivity index (χ0n) is 10.3. The van der Waals surface area contributed by atoms with Crippen LogP contribution >= 0.6 is 0 Å². The van der Waals surface area contributed by atoms with Gasteiger partial charge < -0.3 is 4.74 Å². The molecule has 17 heavy (non-hydrogen) atoms. The summed E-state index contributed by atoms with van der Waals surface area (Å²) in [5, 5.41) is 0. The van der Waals surface area contributed by atoms with E-state index in [0.717, 1.165) is 12.0 Å². The molecule has 0 aromatic heterocycles. The fourth-order valence-corrected chi connectivity index (χ4v) is 1.61. The predicted molar refractivity (Wildman–Crippen MR) is 67.1 cm³/mol. The average Bonchev–Trinajstić information content (AvgIpc) is 2.38. The Morgan fingerprint density at radius 3 is 2.65 bits per heavy atom. The third kappa shape index (κ3) is 4.97. The highest BCUT2D eigenvalue weighted by Crippen LogP contribution is 2.07. The minimum absolute atomic E-state index is 0.0349. The zero-order chi connectivity index (χ0) is 12.5. The Morgan fingerprint density at radius 1 is 1.35 bits per heavy atom. The van der Waals surface area contributed by atoms with Crippen molar-refractivity contribution in [3.8, 4) is 0 Å². The Kier molecular flexibility index (Phi) is 6.29. The molecule has 0 bridgehead atoms. The van der Waals surface area contributed by atoms with E-state index in [1.807, 2.05) is 44.2 Å². The number of hydrogen-bond acceptors (Lipinski definition) is 3. The molecule has 0 saturated heterocycles. The fraction of sp³-hybridized carbons (Fsp3) is 0.462. The van der Waals surface area contributed by atoms with Crippen molar-refractivity contribution in [2.45, 2.75) is 39.0 Å². The first kappa shape index (κ1) is 13.7. The van der Waals surface area contributed by atoms with E-state index in [1.165, 1.54) is 0 Å². The second-order valence-electron chi connectivity index (χ2n) is 3.92. The van der Waals surface area contributed by atoms with Gasteiger partial charge in [0.1, 0.15) is 0 Å². The summed E-state index contributed by atoms with van der Waals surface area (Å²) in [4.78, 5) is 10.2. The second-order valence-corrected chi connectivity index (χ2v) is 3.92. The van der Waals surface area contributed by atoms with Gasteiger partial charge >= 0.3 is 0 Å². The van der Waals surface area contributed by atoms with Crippen LogP contribution in [0.5, 0.6) is 0 Å². The molecule has 0 heterocycles. The molecule has 1 unspecified atom stereocenters. The van der Waals surface area contributed by atoms with Gasteiger partial charge in [-0.1, -0.05) is 37.3 Å². The minimum Gasteiger partial charge on any atom is -0.372 e. The van der Waals surface area contributed by atoms with E-state index in [4.69, 9.17) is 4.74 Å². The molecule has 2 atom stereocenters. The molecule has 1 amide bonds. The summed E-state index contributed by atoms with van der Waals surface area (Å²) in [6.07, 6.45) is 1.55. The van der Waals surface area contributed by atoms with E-state index in [1.54, 1.807) is 0 Å². The van der Waals surface area contributed by atoms with E-state index < -0.39 is 0 Å². The zero-order valence-corrected chi connectivity index (χ0v) is 10.3. The molecule has 0 fully saturated rings. The van der Waals surface area contributed by atoms with Crippen molar-refractivity contribution >= 4 is 6.41 Å². The molecule has 0 radical (unpaired) electrons. The average molecular weight is 236 g/mol. The highest BCUT2D eigenvalue weighted by Gasteiger charge is 2.15. The molecule has 94 valence electrons. The monoisotopic (exact) mass is 236 g/mol. The van der Waals surface area contributed by atoms with Crippen molar-refractivity contribution in [3.05, 3.63) is 35.9 Å². The summed E-state index contributed by atoms with van der Waals surface area (Å²) in [6.45, 7) is 4.63. The normalized spacial score (nSPS) is 14.0. The van der Waals surface area contributed by atoms with Crippen LogP contribution in [0.1, 0.15) is 25.8 Å². The maximum absolute atomic E-state index is 10.2. The van der Waals surface area contributed by atoms with Crippen molar-refractivity contribution in [2.75, 3.05) is 0 Å². The highest BCUT2D eigenvalue weighted by atomic mass is 16.5. The predicted octanol–water partition coefficient (Wildman–Crippen LogP) is 1.62. The molecule has 0 aliphatic rings. The molecule has 0 aliphatic heterocycles. The molecule has 1 aromatic rings. The number of carbonyl (C=O) groups is 1. The summed E-state index contributed by atoms with van der Waals surface area (Å²) in [5.41, 5.74) is 6.53. The fourth-order valence-electron chi connectivity index (χ4n) is 1.61. The lowest BCUT2D eigenvalue weighted by Crippen LogP contribution is -2.46. The molecular weight excluding hydrogens is 216 g/mol. The van der Waals surface area contributed by atoms with Crippen LogP contribution in [0.3, 0.4) is 0 Å². The number of hydrogen-bond donors (Lipinski definition) is 2. The SMILES string of the molecule is CCC(NNC=O)[C@H](C)OCc1ccccc1. The molecule has 4 heteroatoms. The first-order valence-electron chi connectivity index (χ1n) is 5.88. The Hall–Kier alpha value is -1.39. The standard InChI is InChI=1S/C13H20N2O2/c1-3-13(15-14-10-16)11(2)17-9-12-7-5-4-6-8-12/h4-8,10-11,13,15H,3,9H2,1-2H3,(H,14,16)/t11-,13?/m0/s1. The molecule has 0 spiro atoms. The van der Waals surface area contributed by atoms with Crippen molar-refractivity contribution in [3.63, 3.8) is 0 Å². The third-order valence-corrected chi connectivity index (χ3v) is 2.69. The third-order valence-electron chi connectivity index (χ3n) is 2.69. The smallest absolute Gasteiger partial charge is 0.221 e. The summed E-state index contributed by atoms with van der Waals surface area (Å²) < 4.78 is 5.76. The maximum Gasteiger partial charge on any atom is 0.221 e. The highest BCUT2D eigenvalue weighted by molar-refractivity contribution is 5.44. The molecule has 1 aromatic carbocycles. The van der Waals surface area contributed by atoms with Gasteiger partial charge in [-0.25, -0.2) is 5.43 Å². The quantitative estimate of drug-likeness (QED) is 0.532. The maximum atomic E-state index is 10.2. The Morgan fingerprint density at radius 2 is 2.06 bits per heavy atom. The molecular formula is C13H20N2O2. The van der Waals surface area contributed by atoms with Gasteiger partial charge in [0.25, 0.3) is 0 Å². The summed E-state index contributed by atoms with van der Waals surface area (Å²) in [5.74, 6) is 0. The van der Waals surface area contributed by atoms with E-state index in [0.29, 0.717) is 13.0 Å². The Balaban J connectivity index is 2.36. The van der Waals surface area contributed by atoms with Crippen LogP contribution in [0, 0.1) is 0 Å². The number of amides is 1. The van der Waals surface area contributed by atoms with Gasteiger partial charge in [-0.2, -0.15) is 0 Å². The van der Waals surface area contributed by atoms with Crippen LogP contribution in [0.25, 0.3) is 0 Å². The lowest BCUT2D eigenvalue weighted by atomic mass is 10.1. The minimum atomic E-state index is 0.0349. The second kappa shape index (κ2) is 7.81. The van der Waals surface area contributed by atoms with Gasteiger partial charge in [-0.05, 0) is 18.9 Å². The van der Waals surface area contributed by atoms with E-state index in [-0.39, 0.29) is 12.1 Å². The number of benzene rings is 1. The topological polar surface area (TPSA) is 50.4 Å². The number of rotatable bonds is 8.